The minimum atomic E-state index is -2.89. The zero-order valence-corrected chi connectivity index (χ0v) is 11.3. The number of halogens is 3. The molecule has 0 fully saturated rings. The zero-order chi connectivity index (χ0) is 13.3. The second-order valence-corrected chi connectivity index (χ2v) is 5.07. The lowest BCUT2D eigenvalue weighted by molar-refractivity contribution is 0.0168. The maximum absolute atomic E-state index is 13.4. The third-order valence-electron chi connectivity index (χ3n) is 2.73. The van der Waals surface area contributed by atoms with Crippen molar-refractivity contribution in [2.45, 2.75) is 19.4 Å². The van der Waals surface area contributed by atoms with Crippen molar-refractivity contribution in [3.8, 4) is 0 Å². The van der Waals surface area contributed by atoms with Gasteiger partial charge in [-0.1, -0.05) is 28.1 Å². The molecule has 0 spiro atoms. The number of alkyl halides is 2. The van der Waals surface area contributed by atoms with Crippen molar-refractivity contribution < 1.29 is 8.78 Å². The van der Waals surface area contributed by atoms with Crippen LogP contribution in [0.3, 0.4) is 0 Å². The van der Waals surface area contributed by atoms with Crippen molar-refractivity contribution in [2.24, 2.45) is 0 Å². The van der Waals surface area contributed by atoms with E-state index >= 15 is 0 Å². The van der Waals surface area contributed by atoms with Crippen LogP contribution in [0.25, 0.3) is 15.6 Å². The number of fused-ring (bicyclic) bond motifs is 1. The van der Waals surface area contributed by atoms with Crippen molar-refractivity contribution >= 4 is 26.7 Å². The number of nitrogens with zero attached hydrogens (tertiary/aromatic N) is 1. The molecule has 0 N–H and O–H groups in total. The Bertz CT molecular complexity index is 639. The Morgan fingerprint density at radius 2 is 1.94 bits per heavy atom. The normalized spacial score (nSPS) is 11.5. The summed E-state index contributed by atoms with van der Waals surface area (Å²) in [7, 11) is 0. The summed E-state index contributed by atoms with van der Waals surface area (Å²) in [5.41, 5.74) is 0.806. The van der Waals surface area contributed by atoms with Gasteiger partial charge < -0.3 is 4.85 Å². The quantitative estimate of drug-likeness (QED) is 0.677. The predicted molar refractivity (Wildman–Crippen MR) is 71.5 cm³/mol. The lowest BCUT2D eigenvalue weighted by Crippen LogP contribution is -2.07. The van der Waals surface area contributed by atoms with E-state index in [0.29, 0.717) is 4.47 Å². The summed E-state index contributed by atoms with van der Waals surface area (Å²) in [5, 5.41) is 1.61. The number of hydrogen-bond acceptors (Lipinski definition) is 0. The lowest BCUT2D eigenvalue weighted by Gasteiger charge is -2.14. The van der Waals surface area contributed by atoms with Gasteiger partial charge >= 0.3 is 0 Å². The largest absolute Gasteiger partial charge is 0.312 e. The van der Waals surface area contributed by atoms with Gasteiger partial charge in [0.2, 0.25) is 6.54 Å². The summed E-state index contributed by atoms with van der Waals surface area (Å²) >= 11 is 3.17. The third kappa shape index (κ3) is 2.51. The minimum Gasteiger partial charge on any atom is -0.312 e. The van der Waals surface area contributed by atoms with Crippen molar-refractivity contribution in [2.75, 3.05) is 0 Å². The van der Waals surface area contributed by atoms with Crippen LogP contribution in [0.5, 0.6) is 0 Å². The molecule has 92 valence electrons. The van der Waals surface area contributed by atoms with E-state index in [2.05, 4.69) is 20.8 Å². The van der Waals surface area contributed by atoms with Crippen molar-refractivity contribution in [1.82, 2.24) is 0 Å². The molecular formula is C14H10BrF2N. The summed E-state index contributed by atoms with van der Waals surface area (Å²) in [6.07, 6.45) is 0. The minimum absolute atomic E-state index is 0.0324. The van der Waals surface area contributed by atoms with E-state index in [-0.39, 0.29) is 12.1 Å². The molecule has 0 heterocycles. The molecule has 0 radical (unpaired) electrons. The molecule has 18 heavy (non-hydrogen) atoms. The highest BCUT2D eigenvalue weighted by Gasteiger charge is 2.27. The summed E-state index contributed by atoms with van der Waals surface area (Å²) in [5.74, 6) is -2.89. The van der Waals surface area contributed by atoms with Crippen LogP contribution < -0.4 is 0 Å². The first-order chi connectivity index (χ1) is 8.41. The molecule has 0 aliphatic carbocycles. The van der Waals surface area contributed by atoms with Gasteiger partial charge in [0.05, 0.1) is 0 Å². The Morgan fingerprint density at radius 1 is 1.22 bits per heavy atom. The summed E-state index contributed by atoms with van der Waals surface area (Å²) in [6, 6.07) is 8.64. The molecule has 0 aliphatic rings. The molecule has 0 unspecified atom stereocenters. The van der Waals surface area contributed by atoms with Gasteiger partial charge in [-0.05, 0) is 29.0 Å². The molecule has 0 aliphatic heterocycles. The fourth-order valence-electron chi connectivity index (χ4n) is 1.85. The molecule has 0 saturated carbocycles. The predicted octanol–water partition coefficient (Wildman–Crippen LogP) is 5.13. The van der Waals surface area contributed by atoms with Crippen LogP contribution in [0.15, 0.2) is 34.8 Å². The molecule has 0 amide bonds. The molecular weight excluding hydrogens is 300 g/mol. The molecule has 0 saturated heterocycles. The SMILES string of the molecule is [C-]#[N+]Cc1ccc2cc(Br)c(C(C)(F)F)cc2c1. The maximum Gasteiger partial charge on any atom is 0.271 e. The Labute approximate surface area is 112 Å². The van der Waals surface area contributed by atoms with Gasteiger partial charge in [-0.25, -0.2) is 15.4 Å². The van der Waals surface area contributed by atoms with Crippen LogP contribution in [0.1, 0.15) is 18.1 Å². The van der Waals surface area contributed by atoms with E-state index in [4.69, 9.17) is 6.57 Å². The summed E-state index contributed by atoms with van der Waals surface area (Å²) in [6.45, 7) is 7.97. The molecule has 4 heteroatoms. The zero-order valence-electron chi connectivity index (χ0n) is 9.67. The molecule has 0 aromatic heterocycles. The van der Waals surface area contributed by atoms with Crippen molar-refractivity contribution in [3.63, 3.8) is 0 Å². The first kappa shape index (κ1) is 13.0. The Balaban J connectivity index is 2.64. The second kappa shape index (κ2) is 4.66. The molecule has 2 rings (SSSR count). The van der Waals surface area contributed by atoms with Gasteiger partial charge in [0.25, 0.3) is 5.92 Å². The number of hydrogen-bond donors (Lipinski definition) is 0. The summed E-state index contributed by atoms with van der Waals surface area (Å²) in [4.78, 5) is 3.29. The summed E-state index contributed by atoms with van der Waals surface area (Å²) < 4.78 is 27.2. The topological polar surface area (TPSA) is 4.36 Å². The van der Waals surface area contributed by atoms with Crippen LogP contribution in [0, 0.1) is 6.57 Å². The Kier molecular flexibility index (Phi) is 3.36. The van der Waals surface area contributed by atoms with Crippen LogP contribution in [0.2, 0.25) is 0 Å². The highest BCUT2D eigenvalue weighted by Crippen LogP contribution is 2.36. The van der Waals surface area contributed by atoms with Gasteiger partial charge in [-0.3, -0.25) is 0 Å². The van der Waals surface area contributed by atoms with E-state index in [0.717, 1.165) is 23.3 Å². The van der Waals surface area contributed by atoms with E-state index in [1.165, 1.54) is 6.07 Å². The van der Waals surface area contributed by atoms with Crippen LogP contribution >= 0.6 is 15.9 Å². The average Bonchev–Trinajstić information content (AvgIpc) is 2.27. The fourth-order valence-corrected chi connectivity index (χ4v) is 2.55. The first-order valence-electron chi connectivity index (χ1n) is 5.35. The molecule has 1 nitrogen and oxygen atoms in total. The standard InChI is InChI=1S/C14H10BrF2N/c1-14(16,17)12-6-11-5-9(8-18-2)3-4-10(11)7-13(12)15/h3-7H,8H2,1H3. The highest BCUT2D eigenvalue weighted by molar-refractivity contribution is 9.10. The van der Waals surface area contributed by atoms with E-state index < -0.39 is 5.92 Å². The van der Waals surface area contributed by atoms with E-state index in [1.54, 1.807) is 12.1 Å². The van der Waals surface area contributed by atoms with Crippen molar-refractivity contribution in [1.29, 1.82) is 0 Å². The smallest absolute Gasteiger partial charge is 0.271 e. The van der Waals surface area contributed by atoms with E-state index in [1.807, 2.05) is 12.1 Å². The van der Waals surface area contributed by atoms with Gasteiger partial charge in [0.1, 0.15) is 0 Å². The molecule has 2 aromatic rings. The Morgan fingerprint density at radius 3 is 2.56 bits per heavy atom. The molecule has 2 aromatic carbocycles. The Hall–Kier alpha value is -1.47. The maximum atomic E-state index is 13.4. The number of rotatable bonds is 2. The highest BCUT2D eigenvalue weighted by atomic mass is 79.9. The van der Waals surface area contributed by atoms with Crippen LogP contribution in [0.4, 0.5) is 8.78 Å². The second-order valence-electron chi connectivity index (χ2n) is 4.22. The van der Waals surface area contributed by atoms with Crippen molar-refractivity contribution in [3.05, 3.63) is 57.3 Å². The van der Waals surface area contributed by atoms with Crippen LogP contribution in [-0.2, 0) is 12.5 Å². The molecule has 0 bridgehead atoms. The van der Waals surface area contributed by atoms with Gasteiger partial charge in [-0.2, -0.15) is 0 Å². The monoisotopic (exact) mass is 309 g/mol. The van der Waals surface area contributed by atoms with Gasteiger partial charge in [-0.15, -0.1) is 0 Å². The molecule has 0 atom stereocenters. The van der Waals surface area contributed by atoms with Gasteiger partial charge in [0.15, 0.2) is 0 Å². The number of benzene rings is 2. The van der Waals surface area contributed by atoms with E-state index in [9.17, 15) is 8.78 Å². The van der Waals surface area contributed by atoms with Gasteiger partial charge in [0, 0.05) is 22.5 Å². The lowest BCUT2D eigenvalue weighted by atomic mass is 10.0. The average molecular weight is 310 g/mol. The first-order valence-corrected chi connectivity index (χ1v) is 6.15. The third-order valence-corrected chi connectivity index (χ3v) is 3.38. The van der Waals surface area contributed by atoms with Crippen LogP contribution in [-0.4, -0.2) is 0 Å². The fraction of sp³-hybridized carbons (Fsp3) is 0.214.